The van der Waals surface area contributed by atoms with Crippen LogP contribution in [0.25, 0.3) is 0 Å². The van der Waals surface area contributed by atoms with Gasteiger partial charge in [-0.3, -0.25) is 4.79 Å². The number of rotatable bonds is 3. The standard InChI is InChI=1S/C17H18INO/c1-11-4-5-15(10-12(11)2)13(3)19-17(20)14-6-8-16(18)9-7-14/h4-10,13H,1-3H3,(H,19,20)/t13-/m1/s1. The molecule has 0 saturated heterocycles. The molecule has 3 heteroatoms. The second-order valence-electron chi connectivity index (χ2n) is 5.05. The van der Waals surface area contributed by atoms with E-state index in [1.165, 1.54) is 11.1 Å². The fourth-order valence-electron chi connectivity index (χ4n) is 2.00. The average molecular weight is 379 g/mol. The topological polar surface area (TPSA) is 29.1 Å². The van der Waals surface area contributed by atoms with Crippen molar-refractivity contribution in [3.05, 3.63) is 68.3 Å². The fourth-order valence-corrected chi connectivity index (χ4v) is 2.36. The Labute approximate surface area is 133 Å². The Bertz CT molecular complexity index is 619. The van der Waals surface area contributed by atoms with Crippen LogP contribution in [0.1, 0.15) is 40.0 Å². The smallest absolute Gasteiger partial charge is 0.251 e. The van der Waals surface area contributed by atoms with Crippen molar-refractivity contribution in [2.75, 3.05) is 0 Å². The quantitative estimate of drug-likeness (QED) is 0.787. The molecule has 2 nitrogen and oxygen atoms in total. The number of nitrogens with one attached hydrogen (secondary N) is 1. The van der Waals surface area contributed by atoms with E-state index in [1.54, 1.807) is 0 Å². The summed E-state index contributed by atoms with van der Waals surface area (Å²) in [5.41, 5.74) is 4.34. The second kappa shape index (κ2) is 6.39. The van der Waals surface area contributed by atoms with Crippen molar-refractivity contribution < 1.29 is 4.79 Å². The lowest BCUT2D eigenvalue weighted by atomic mass is 10.0. The molecule has 0 radical (unpaired) electrons. The summed E-state index contributed by atoms with van der Waals surface area (Å²) in [6.45, 7) is 6.19. The molecule has 0 aromatic heterocycles. The van der Waals surface area contributed by atoms with E-state index in [4.69, 9.17) is 0 Å². The van der Waals surface area contributed by atoms with Crippen LogP contribution < -0.4 is 5.32 Å². The van der Waals surface area contributed by atoms with Crippen LogP contribution in [0.3, 0.4) is 0 Å². The lowest BCUT2D eigenvalue weighted by Gasteiger charge is -2.16. The molecule has 2 aromatic carbocycles. The molecule has 0 aliphatic heterocycles. The van der Waals surface area contributed by atoms with E-state index in [2.05, 4.69) is 60.0 Å². The second-order valence-corrected chi connectivity index (χ2v) is 6.29. The van der Waals surface area contributed by atoms with Crippen LogP contribution in [-0.4, -0.2) is 5.91 Å². The zero-order valence-corrected chi connectivity index (χ0v) is 14.1. The molecule has 104 valence electrons. The summed E-state index contributed by atoms with van der Waals surface area (Å²) in [6, 6.07) is 13.9. The molecule has 20 heavy (non-hydrogen) atoms. The first-order valence-electron chi connectivity index (χ1n) is 6.61. The minimum Gasteiger partial charge on any atom is -0.346 e. The predicted octanol–water partition coefficient (Wildman–Crippen LogP) is 4.40. The zero-order chi connectivity index (χ0) is 14.7. The van der Waals surface area contributed by atoms with Crippen molar-refractivity contribution in [2.45, 2.75) is 26.8 Å². The first kappa shape index (κ1) is 15.0. The van der Waals surface area contributed by atoms with Crippen molar-refractivity contribution >= 4 is 28.5 Å². The number of hydrogen-bond donors (Lipinski definition) is 1. The van der Waals surface area contributed by atoms with Gasteiger partial charge in [-0.05, 0) is 84.3 Å². The van der Waals surface area contributed by atoms with E-state index < -0.39 is 0 Å². The molecule has 0 heterocycles. The van der Waals surface area contributed by atoms with Crippen LogP contribution in [0.2, 0.25) is 0 Å². The zero-order valence-electron chi connectivity index (χ0n) is 11.9. The Morgan fingerprint density at radius 1 is 1.05 bits per heavy atom. The number of halogens is 1. The number of amides is 1. The lowest BCUT2D eigenvalue weighted by Crippen LogP contribution is -2.26. The van der Waals surface area contributed by atoms with Crippen molar-refractivity contribution in [1.29, 1.82) is 0 Å². The molecule has 1 atom stereocenters. The van der Waals surface area contributed by atoms with E-state index >= 15 is 0 Å². The van der Waals surface area contributed by atoms with E-state index in [0.717, 1.165) is 9.13 Å². The molecular formula is C17H18INO. The van der Waals surface area contributed by atoms with Crippen LogP contribution in [0.5, 0.6) is 0 Å². The number of aryl methyl sites for hydroxylation is 2. The van der Waals surface area contributed by atoms with Gasteiger partial charge in [0.25, 0.3) is 5.91 Å². The van der Waals surface area contributed by atoms with E-state index in [-0.39, 0.29) is 11.9 Å². The van der Waals surface area contributed by atoms with Gasteiger partial charge in [0.2, 0.25) is 0 Å². The molecule has 1 amide bonds. The molecule has 0 saturated carbocycles. The van der Waals surface area contributed by atoms with Crippen LogP contribution in [0, 0.1) is 17.4 Å². The minimum atomic E-state index is -0.0351. The summed E-state index contributed by atoms with van der Waals surface area (Å²) in [4.78, 5) is 12.2. The average Bonchev–Trinajstić information content (AvgIpc) is 2.42. The number of carbonyl (C=O) groups excluding carboxylic acids is 1. The van der Waals surface area contributed by atoms with Gasteiger partial charge in [-0.25, -0.2) is 0 Å². The van der Waals surface area contributed by atoms with Gasteiger partial charge in [-0.15, -0.1) is 0 Å². The van der Waals surface area contributed by atoms with Crippen molar-refractivity contribution in [2.24, 2.45) is 0 Å². The molecule has 0 aliphatic rings. The first-order valence-corrected chi connectivity index (χ1v) is 7.69. The largest absolute Gasteiger partial charge is 0.346 e. The fraction of sp³-hybridized carbons (Fsp3) is 0.235. The predicted molar refractivity (Wildman–Crippen MR) is 91.0 cm³/mol. The summed E-state index contributed by atoms with van der Waals surface area (Å²) >= 11 is 2.23. The van der Waals surface area contributed by atoms with Crippen molar-refractivity contribution in [3.63, 3.8) is 0 Å². The van der Waals surface area contributed by atoms with Gasteiger partial charge in [0.15, 0.2) is 0 Å². The molecule has 2 aromatic rings. The Hall–Kier alpha value is -1.36. The lowest BCUT2D eigenvalue weighted by molar-refractivity contribution is 0.0940. The molecule has 0 fully saturated rings. The molecule has 1 N–H and O–H groups in total. The van der Waals surface area contributed by atoms with Crippen LogP contribution in [0.15, 0.2) is 42.5 Å². The molecule has 0 unspecified atom stereocenters. The van der Waals surface area contributed by atoms with Gasteiger partial charge in [0.05, 0.1) is 6.04 Å². The summed E-state index contributed by atoms with van der Waals surface area (Å²) in [6.07, 6.45) is 0. The van der Waals surface area contributed by atoms with Crippen LogP contribution in [0.4, 0.5) is 0 Å². The van der Waals surface area contributed by atoms with Gasteiger partial charge in [-0.2, -0.15) is 0 Å². The third-order valence-corrected chi connectivity index (χ3v) is 4.20. The first-order chi connectivity index (χ1) is 9.47. The van der Waals surface area contributed by atoms with Gasteiger partial charge in [-0.1, -0.05) is 18.2 Å². The normalized spacial score (nSPS) is 12.0. The number of benzene rings is 2. The van der Waals surface area contributed by atoms with E-state index in [1.807, 2.05) is 31.2 Å². The number of hydrogen-bond acceptors (Lipinski definition) is 1. The molecule has 0 aliphatic carbocycles. The molecule has 0 spiro atoms. The Morgan fingerprint density at radius 2 is 1.70 bits per heavy atom. The van der Waals surface area contributed by atoms with Gasteiger partial charge in [0.1, 0.15) is 0 Å². The maximum absolute atomic E-state index is 12.2. The van der Waals surface area contributed by atoms with E-state index in [9.17, 15) is 4.79 Å². The van der Waals surface area contributed by atoms with Gasteiger partial charge in [0, 0.05) is 9.13 Å². The van der Waals surface area contributed by atoms with Crippen LogP contribution in [-0.2, 0) is 0 Å². The third-order valence-electron chi connectivity index (χ3n) is 3.48. The summed E-state index contributed by atoms with van der Waals surface area (Å²) < 4.78 is 1.13. The maximum Gasteiger partial charge on any atom is 0.251 e. The summed E-state index contributed by atoms with van der Waals surface area (Å²) in [5.74, 6) is -0.0351. The Morgan fingerprint density at radius 3 is 2.30 bits per heavy atom. The summed E-state index contributed by atoms with van der Waals surface area (Å²) in [5, 5.41) is 3.04. The van der Waals surface area contributed by atoms with Gasteiger partial charge < -0.3 is 5.32 Å². The number of carbonyl (C=O) groups is 1. The van der Waals surface area contributed by atoms with Crippen molar-refractivity contribution in [1.82, 2.24) is 5.32 Å². The monoisotopic (exact) mass is 379 g/mol. The van der Waals surface area contributed by atoms with E-state index in [0.29, 0.717) is 5.56 Å². The highest BCUT2D eigenvalue weighted by molar-refractivity contribution is 14.1. The molecular weight excluding hydrogens is 361 g/mol. The highest BCUT2D eigenvalue weighted by Gasteiger charge is 2.11. The summed E-state index contributed by atoms with van der Waals surface area (Å²) in [7, 11) is 0. The molecule has 2 rings (SSSR count). The van der Waals surface area contributed by atoms with Gasteiger partial charge >= 0.3 is 0 Å². The molecule has 0 bridgehead atoms. The minimum absolute atomic E-state index is 0.000998. The van der Waals surface area contributed by atoms with Crippen molar-refractivity contribution in [3.8, 4) is 0 Å². The maximum atomic E-state index is 12.2. The highest BCUT2D eigenvalue weighted by Crippen LogP contribution is 2.17. The Balaban J connectivity index is 2.10. The third kappa shape index (κ3) is 3.60. The SMILES string of the molecule is Cc1ccc([C@@H](C)NC(=O)c2ccc(I)cc2)cc1C. The highest BCUT2D eigenvalue weighted by atomic mass is 127. The Kier molecular flexibility index (Phi) is 4.81. The van der Waals surface area contributed by atoms with Crippen LogP contribution >= 0.6 is 22.6 Å².